The first-order valence-corrected chi connectivity index (χ1v) is 13.4. The highest BCUT2D eigenvalue weighted by Crippen LogP contribution is 2.35. The van der Waals surface area contributed by atoms with Crippen molar-refractivity contribution >= 4 is 29.5 Å². The van der Waals surface area contributed by atoms with Crippen molar-refractivity contribution < 1.29 is 24.0 Å². The van der Waals surface area contributed by atoms with E-state index in [0.29, 0.717) is 25.8 Å². The van der Waals surface area contributed by atoms with Crippen LogP contribution in [-0.2, 0) is 19.2 Å². The van der Waals surface area contributed by atoms with Crippen LogP contribution in [0.5, 0.6) is 0 Å². The number of primary amides is 1. The van der Waals surface area contributed by atoms with Gasteiger partial charge in [-0.3, -0.25) is 19.2 Å². The van der Waals surface area contributed by atoms with Crippen LogP contribution in [0.2, 0.25) is 0 Å². The Morgan fingerprint density at radius 2 is 1.51 bits per heavy atom. The zero-order valence-corrected chi connectivity index (χ0v) is 23.8. The molecule has 1 heterocycles. The van der Waals surface area contributed by atoms with E-state index in [1.165, 1.54) is 4.90 Å². The number of ketones is 1. The standard InChI is InChI=1S/C27H47N5O5/c1-15(2)17-11-12-32(20(17)23(35)29-18(13-16-9-10-16)21(33)22(28)34)24(36)19(14-26(3,4)5)30-25(37)31-27(6,7)8/h15-20H,9-14H2,1-8H3,(H2,28,34)(H,29,35)(H2,30,31,37)/t17?,18-,19?,20?/m0/s1. The van der Waals surface area contributed by atoms with Crippen LogP contribution in [-0.4, -0.2) is 64.6 Å². The SMILES string of the molecule is CC(C)C1CCN(C(=O)C(CC(C)(C)C)NC(=O)NC(C)(C)C)C1C(=O)N[C@@H](CC1CC1)C(=O)C(N)=O. The summed E-state index contributed by atoms with van der Waals surface area (Å²) in [5, 5.41) is 8.42. The quantitative estimate of drug-likeness (QED) is 0.325. The predicted octanol–water partition coefficient (Wildman–Crippen LogP) is 2.10. The first-order valence-electron chi connectivity index (χ1n) is 13.4. The first kappa shape index (κ1) is 30.6. The molecule has 4 atom stereocenters. The van der Waals surface area contributed by atoms with Crippen LogP contribution in [0.15, 0.2) is 0 Å². The van der Waals surface area contributed by atoms with Gasteiger partial charge in [-0.15, -0.1) is 0 Å². The highest BCUT2D eigenvalue weighted by molar-refractivity contribution is 6.37. The number of carbonyl (C=O) groups is 5. The van der Waals surface area contributed by atoms with E-state index >= 15 is 0 Å². The molecular weight excluding hydrogens is 474 g/mol. The average molecular weight is 522 g/mol. The number of nitrogens with zero attached hydrogens (tertiary/aromatic N) is 1. The lowest BCUT2D eigenvalue weighted by atomic mass is 9.86. The molecular formula is C27H47N5O5. The number of carbonyl (C=O) groups excluding carboxylic acids is 5. The summed E-state index contributed by atoms with van der Waals surface area (Å²) in [6.07, 6.45) is 3.25. The number of Topliss-reactive ketones (excluding diaryl/α,β-unsaturated/α-hetero) is 1. The van der Waals surface area contributed by atoms with Gasteiger partial charge in [-0.2, -0.15) is 0 Å². The Morgan fingerprint density at radius 1 is 0.919 bits per heavy atom. The summed E-state index contributed by atoms with van der Waals surface area (Å²) < 4.78 is 0. The Bertz CT molecular complexity index is 885. The maximum absolute atomic E-state index is 13.9. The molecule has 1 saturated carbocycles. The molecule has 0 spiro atoms. The van der Waals surface area contributed by atoms with Gasteiger partial charge in [-0.05, 0) is 63.2 Å². The number of urea groups is 1. The van der Waals surface area contributed by atoms with Gasteiger partial charge in [0.1, 0.15) is 12.1 Å². The number of amides is 5. The van der Waals surface area contributed by atoms with E-state index < -0.39 is 47.3 Å². The number of rotatable bonds is 10. The summed E-state index contributed by atoms with van der Waals surface area (Å²) in [7, 11) is 0. The summed E-state index contributed by atoms with van der Waals surface area (Å²) in [5.41, 5.74) is 4.50. The summed E-state index contributed by atoms with van der Waals surface area (Å²) in [5.74, 6) is -2.44. The second kappa shape index (κ2) is 11.8. The van der Waals surface area contributed by atoms with E-state index in [0.717, 1.165) is 12.8 Å². The number of likely N-dealkylation sites (tertiary alicyclic amines) is 1. The van der Waals surface area contributed by atoms with Gasteiger partial charge in [0.25, 0.3) is 5.91 Å². The molecule has 0 aromatic heterocycles. The van der Waals surface area contributed by atoms with E-state index in [1.54, 1.807) is 0 Å². The maximum atomic E-state index is 13.9. The van der Waals surface area contributed by atoms with Crippen LogP contribution in [0.4, 0.5) is 4.79 Å². The fraction of sp³-hybridized carbons (Fsp3) is 0.815. The lowest BCUT2D eigenvalue weighted by molar-refractivity contribution is -0.143. The molecule has 1 saturated heterocycles. The Balaban J connectivity index is 2.31. The van der Waals surface area contributed by atoms with Gasteiger partial charge in [0, 0.05) is 12.1 Å². The topological polar surface area (TPSA) is 151 Å². The zero-order chi connectivity index (χ0) is 28.3. The van der Waals surface area contributed by atoms with Crippen molar-refractivity contribution in [2.75, 3.05) is 6.54 Å². The van der Waals surface area contributed by atoms with E-state index in [9.17, 15) is 24.0 Å². The predicted molar refractivity (Wildman–Crippen MR) is 141 cm³/mol. The third-order valence-electron chi connectivity index (χ3n) is 6.90. The molecule has 10 heteroatoms. The van der Waals surface area contributed by atoms with Crippen molar-refractivity contribution in [3.05, 3.63) is 0 Å². The fourth-order valence-electron chi connectivity index (χ4n) is 4.99. The summed E-state index contributed by atoms with van der Waals surface area (Å²) in [6.45, 7) is 15.9. The lowest BCUT2D eigenvalue weighted by Crippen LogP contribution is -2.59. The van der Waals surface area contributed by atoms with E-state index in [4.69, 9.17) is 5.73 Å². The summed E-state index contributed by atoms with van der Waals surface area (Å²) >= 11 is 0. The molecule has 1 aliphatic carbocycles. The van der Waals surface area contributed by atoms with Crippen molar-refractivity contribution in [1.29, 1.82) is 0 Å². The monoisotopic (exact) mass is 521 g/mol. The lowest BCUT2D eigenvalue weighted by Gasteiger charge is -2.35. The van der Waals surface area contributed by atoms with Crippen LogP contribution < -0.4 is 21.7 Å². The summed E-state index contributed by atoms with van der Waals surface area (Å²) in [6, 6.07) is -3.10. The van der Waals surface area contributed by atoms with E-state index in [1.807, 2.05) is 55.4 Å². The molecule has 0 radical (unpaired) electrons. The molecule has 3 unspecified atom stereocenters. The summed E-state index contributed by atoms with van der Waals surface area (Å²) in [4.78, 5) is 65.8. The normalized spacial score (nSPS) is 21.8. The van der Waals surface area contributed by atoms with Gasteiger partial charge in [0.2, 0.25) is 17.6 Å². The Labute approximate surface area is 221 Å². The number of hydrogen-bond acceptors (Lipinski definition) is 5. The third kappa shape index (κ3) is 9.31. The minimum absolute atomic E-state index is 0.0977. The van der Waals surface area contributed by atoms with E-state index in [-0.39, 0.29) is 29.1 Å². The van der Waals surface area contributed by atoms with E-state index in [2.05, 4.69) is 16.0 Å². The molecule has 0 aromatic rings. The van der Waals surface area contributed by atoms with Crippen LogP contribution >= 0.6 is 0 Å². The number of nitrogens with one attached hydrogen (secondary N) is 3. The Kier molecular flexibility index (Phi) is 9.76. The van der Waals surface area contributed by atoms with Gasteiger partial charge in [0.05, 0.1) is 6.04 Å². The molecule has 10 nitrogen and oxygen atoms in total. The molecule has 2 rings (SSSR count). The largest absolute Gasteiger partial charge is 0.363 e. The second-order valence-electron chi connectivity index (χ2n) is 13.3. The zero-order valence-electron chi connectivity index (χ0n) is 23.8. The van der Waals surface area contributed by atoms with Crippen molar-refractivity contribution in [2.45, 2.75) is 111 Å². The molecule has 1 aliphatic heterocycles. The highest BCUT2D eigenvalue weighted by Gasteiger charge is 2.46. The molecule has 5 N–H and O–H groups in total. The number of nitrogens with two attached hydrogens (primary N) is 1. The number of hydrogen-bond donors (Lipinski definition) is 4. The highest BCUT2D eigenvalue weighted by atomic mass is 16.2. The van der Waals surface area contributed by atoms with Crippen LogP contribution in [0.1, 0.15) is 87.5 Å². The van der Waals surface area contributed by atoms with Gasteiger partial charge in [-0.1, -0.05) is 47.5 Å². The fourth-order valence-corrected chi connectivity index (χ4v) is 4.99. The first-order chi connectivity index (χ1) is 16.9. The average Bonchev–Trinajstić information content (AvgIpc) is 3.42. The Hall–Kier alpha value is -2.65. The van der Waals surface area contributed by atoms with Gasteiger partial charge >= 0.3 is 6.03 Å². The van der Waals surface area contributed by atoms with Gasteiger partial charge in [-0.25, -0.2) is 4.79 Å². The van der Waals surface area contributed by atoms with Crippen LogP contribution in [0.3, 0.4) is 0 Å². The van der Waals surface area contributed by atoms with Gasteiger partial charge in [0.15, 0.2) is 0 Å². The molecule has 210 valence electrons. The molecule has 0 bridgehead atoms. The van der Waals surface area contributed by atoms with Crippen molar-refractivity contribution in [3.63, 3.8) is 0 Å². The van der Waals surface area contributed by atoms with Crippen molar-refractivity contribution in [1.82, 2.24) is 20.9 Å². The van der Waals surface area contributed by atoms with Crippen LogP contribution in [0.25, 0.3) is 0 Å². The second-order valence-corrected chi connectivity index (χ2v) is 13.3. The van der Waals surface area contributed by atoms with Crippen LogP contribution in [0, 0.1) is 23.2 Å². The van der Waals surface area contributed by atoms with Gasteiger partial charge < -0.3 is 26.6 Å². The molecule has 5 amide bonds. The maximum Gasteiger partial charge on any atom is 0.315 e. The molecule has 2 fully saturated rings. The van der Waals surface area contributed by atoms with Crippen molar-refractivity contribution in [3.8, 4) is 0 Å². The molecule has 0 aromatic carbocycles. The minimum atomic E-state index is -1.08. The van der Waals surface area contributed by atoms with Crippen molar-refractivity contribution in [2.24, 2.45) is 28.9 Å². The molecule has 37 heavy (non-hydrogen) atoms. The Morgan fingerprint density at radius 3 is 1.97 bits per heavy atom. The minimum Gasteiger partial charge on any atom is -0.363 e. The smallest absolute Gasteiger partial charge is 0.315 e. The molecule has 2 aliphatic rings. The third-order valence-corrected chi connectivity index (χ3v) is 6.90.